The maximum atomic E-state index is 12.8. The topological polar surface area (TPSA) is 96.7 Å². The van der Waals surface area contributed by atoms with Crippen LogP contribution in [0.5, 0.6) is 0 Å². The molecule has 4 aromatic rings. The fourth-order valence-corrected chi connectivity index (χ4v) is 4.78. The van der Waals surface area contributed by atoms with Gasteiger partial charge in [0.2, 0.25) is 0 Å². The zero-order chi connectivity index (χ0) is 20.4. The molecule has 0 radical (unpaired) electrons. The highest BCUT2D eigenvalue weighted by atomic mass is 32.2. The Hall–Kier alpha value is -2.91. The maximum absolute atomic E-state index is 12.8. The predicted molar refractivity (Wildman–Crippen MR) is 114 cm³/mol. The summed E-state index contributed by atoms with van der Waals surface area (Å²) in [6, 6.07) is 9.42. The number of amides is 1. The average molecular weight is 426 g/mol. The van der Waals surface area contributed by atoms with Crippen LogP contribution in [0.4, 0.5) is 5.82 Å². The summed E-state index contributed by atoms with van der Waals surface area (Å²) < 4.78 is 5.21. The second kappa shape index (κ2) is 8.22. The molecule has 0 saturated carbocycles. The van der Waals surface area contributed by atoms with E-state index in [-0.39, 0.29) is 5.91 Å². The lowest BCUT2D eigenvalue weighted by Gasteiger charge is -2.07. The molecule has 0 atom stereocenters. The Bertz CT molecular complexity index is 1140. The van der Waals surface area contributed by atoms with Crippen LogP contribution in [0.1, 0.15) is 32.3 Å². The van der Waals surface area contributed by atoms with Crippen molar-refractivity contribution in [1.29, 1.82) is 0 Å². The van der Waals surface area contributed by atoms with Gasteiger partial charge in [0, 0.05) is 28.5 Å². The minimum atomic E-state index is -0.250. The first-order chi connectivity index (χ1) is 14.0. The van der Waals surface area contributed by atoms with Gasteiger partial charge in [-0.15, -0.1) is 23.1 Å². The molecule has 0 saturated heterocycles. The first kappa shape index (κ1) is 19.4. The van der Waals surface area contributed by atoms with Crippen LogP contribution in [-0.4, -0.2) is 26.2 Å². The van der Waals surface area contributed by atoms with Crippen molar-refractivity contribution in [2.75, 3.05) is 5.32 Å². The van der Waals surface area contributed by atoms with E-state index in [1.165, 1.54) is 16.6 Å². The largest absolute Gasteiger partial charge is 0.361 e. The van der Waals surface area contributed by atoms with Crippen LogP contribution in [-0.2, 0) is 5.75 Å². The van der Waals surface area contributed by atoms with Crippen molar-refractivity contribution in [3.63, 3.8) is 0 Å². The van der Waals surface area contributed by atoms with Crippen LogP contribution in [0.15, 0.2) is 46.1 Å². The van der Waals surface area contributed by atoms with Crippen molar-refractivity contribution in [3.8, 4) is 10.6 Å². The van der Waals surface area contributed by atoms with Crippen LogP contribution in [0, 0.1) is 20.8 Å². The smallest absolute Gasteiger partial charge is 0.259 e. The highest BCUT2D eigenvalue weighted by Gasteiger charge is 2.17. The number of aromatic nitrogens is 4. The molecule has 9 heteroatoms. The summed E-state index contributed by atoms with van der Waals surface area (Å²) in [6.45, 7) is 5.84. The second-order valence-corrected chi connectivity index (χ2v) is 8.73. The fraction of sp³-hybridized carbons (Fsp3) is 0.200. The Morgan fingerprint density at radius 1 is 1.28 bits per heavy atom. The minimum absolute atomic E-state index is 0.250. The summed E-state index contributed by atoms with van der Waals surface area (Å²) in [7, 11) is 0. The van der Waals surface area contributed by atoms with Crippen molar-refractivity contribution < 1.29 is 9.32 Å². The lowest BCUT2D eigenvalue weighted by atomic mass is 10.2. The molecule has 7 nitrogen and oxygen atoms in total. The average Bonchev–Trinajstić information content (AvgIpc) is 3.42. The molecule has 0 aliphatic carbocycles. The molecule has 4 heterocycles. The van der Waals surface area contributed by atoms with E-state index in [1.807, 2.05) is 26.0 Å². The summed E-state index contributed by atoms with van der Waals surface area (Å²) in [5, 5.41) is 14.6. The van der Waals surface area contributed by atoms with Crippen LogP contribution in [0.25, 0.3) is 10.6 Å². The molecule has 0 bridgehead atoms. The molecule has 0 unspecified atom stereocenters. The van der Waals surface area contributed by atoms with E-state index in [1.54, 1.807) is 29.7 Å². The number of rotatable bonds is 6. The summed E-state index contributed by atoms with van der Waals surface area (Å²) in [5.74, 6) is 1.63. The predicted octanol–water partition coefficient (Wildman–Crippen LogP) is 4.99. The van der Waals surface area contributed by atoms with E-state index >= 15 is 0 Å². The minimum Gasteiger partial charge on any atom is -0.361 e. The number of hydrogen-bond donors (Lipinski definition) is 2. The van der Waals surface area contributed by atoms with Gasteiger partial charge in [-0.25, -0.2) is 4.98 Å². The van der Waals surface area contributed by atoms with Gasteiger partial charge in [0.25, 0.3) is 5.91 Å². The second-order valence-electron chi connectivity index (χ2n) is 6.48. The lowest BCUT2D eigenvalue weighted by molar-refractivity contribution is 0.102. The van der Waals surface area contributed by atoms with E-state index in [0.29, 0.717) is 22.2 Å². The number of thioether (sulfide) groups is 1. The van der Waals surface area contributed by atoms with Crippen LogP contribution < -0.4 is 5.32 Å². The normalized spacial score (nSPS) is 11.0. The number of aromatic amines is 1. The van der Waals surface area contributed by atoms with Gasteiger partial charge in [-0.3, -0.25) is 9.89 Å². The first-order valence-electron chi connectivity index (χ1n) is 8.94. The van der Waals surface area contributed by atoms with Crippen LogP contribution in [0.3, 0.4) is 0 Å². The van der Waals surface area contributed by atoms with Crippen molar-refractivity contribution in [1.82, 2.24) is 20.3 Å². The molecule has 0 spiro atoms. The standard InChI is InChI=1S/C20H19N5O2S2/c1-11-6-7-17(29-11)16-9-18(24-23-16)22-19(26)14-5-4-8-21-20(14)28-10-15-12(2)25-27-13(15)3/h4-9H,10H2,1-3H3,(H2,22,23,24,26). The van der Waals surface area contributed by atoms with E-state index in [2.05, 4.69) is 38.6 Å². The van der Waals surface area contributed by atoms with Gasteiger partial charge in [-0.2, -0.15) is 5.10 Å². The monoisotopic (exact) mass is 425 g/mol. The molecule has 0 aromatic carbocycles. The van der Waals surface area contributed by atoms with E-state index in [0.717, 1.165) is 27.6 Å². The molecular formula is C20H19N5O2S2. The van der Waals surface area contributed by atoms with Crippen molar-refractivity contribution in [2.45, 2.75) is 31.6 Å². The third kappa shape index (κ3) is 4.25. The van der Waals surface area contributed by atoms with E-state index in [9.17, 15) is 4.79 Å². The first-order valence-corrected chi connectivity index (χ1v) is 10.7. The van der Waals surface area contributed by atoms with Gasteiger partial charge >= 0.3 is 0 Å². The van der Waals surface area contributed by atoms with Gasteiger partial charge in [0.15, 0.2) is 5.82 Å². The molecule has 4 aromatic heterocycles. The molecule has 29 heavy (non-hydrogen) atoms. The van der Waals surface area contributed by atoms with Crippen LogP contribution >= 0.6 is 23.1 Å². The van der Waals surface area contributed by atoms with Gasteiger partial charge in [0.1, 0.15) is 10.8 Å². The zero-order valence-corrected chi connectivity index (χ0v) is 17.8. The summed E-state index contributed by atoms with van der Waals surface area (Å²) in [4.78, 5) is 19.5. The molecule has 1 amide bonds. The third-order valence-corrected chi connectivity index (χ3v) is 6.44. The number of aryl methyl sites for hydroxylation is 3. The quantitative estimate of drug-likeness (QED) is 0.422. The van der Waals surface area contributed by atoms with E-state index in [4.69, 9.17) is 4.52 Å². The maximum Gasteiger partial charge on any atom is 0.259 e. The van der Waals surface area contributed by atoms with Crippen molar-refractivity contribution in [3.05, 3.63) is 64.0 Å². The number of carbonyl (C=O) groups is 1. The Morgan fingerprint density at radius 3 is 2.86 bits per heavy atom. The number of nitrogens with zero attached hydrogens (tertiary/aromatic N) is 3. The molecule has 0 fully saturated rings. The third-order valence-electron chi connectivity index (χ3n) is 4.38. The fourth-order valence-electron chi connectivity index (χ4n) is 2.80. The highest BCUT2D eigenvalue weighted by Crippen LogP contribution is 2.29. The van der Waals surface area contributed by atoms with Crippen molar-refractivity contribution >= 4 is 34.8 Å². The molecular weight excluding hydrogens is 406 g/mol. The van der Waals surface area contributed by atoms with Gasteiger partial charge < -0.3 is 9.84 Å². The molecule has 0 aliphatic rings. The number of anilines is 1. The number of nitrogens with one attached hydrogen (secondary N) is 2. The number of thiophene rings is 1. The number of H-pyrrole nitrogens is 1. The lowest BCUT2D eigenvalue weighted by Crippen LogP contribution is -2.14. The summed E-state index contributed by atoms with van der Waals surface area (Å²) in [5.41, 5.74) is 3.25. The van der Waals surface area contributed by atoms with Crippen LogP contribution in [0.2, 0.25) is 0 Å². The van der Waals surface area contributed by atoms with Gasteiger partial charge in [-0.05, 0) is 45.0 Å². The van der Waals surface area contributed by atoms with Crippen molar-refractivity contribution in [2.24, 2.45) is 0 Å². The molecule has 148 valence electrons. The van der Waals surface area contributed by atoms with Gasteiger partial charge in [0.05, 0.1) is 21.8 Å². The number of pyridine rings is 1. The Kier molecular flexibility index (Phi) is 5.50. The number of carbonyl (C=O) groups excluding carboxylic acids is 1. The summed E-state index contributed by atoms with van der Waals surface area (Å²) >= 11 is 3.15. The zero-order valence-electron chi connectivity index (χ0n) is 16.1. The van der Waals surface area contributed by atoms with Gasteiger partial charge in [-0.1, -0.05) is 5.16 Å². The SMILES string of the molecule is Cc1ccc(-c2cc(NC(=O)c3cccnc3SCc3c(C)noc3C)n[nH]2)s1. The Morgan fingerprint density at radius 2 is 2.14 bits per heavy atom. The Balaban J connectivity index is 1.49. The van der Waals surface area contributed by atoms with E-state index < -0.39 is 0 Å². The summed E-state index contributed by atoms with van der Waals surface area (Å²) in [6.07, 6.45) is 1.68. The highest BCUT2D eigenvalue weighted by molar-refractivity contribution is 7.98. The number of hydrogen-bond acceptors (Lipinski definition) is 7. The molecule has 4 rings (SSSR count). The molecule has 2 N–H and O–H groups in total. The Labute approximate surface area is 175 Å². The molecule has 0 aliphatic heterocycles.